The molecule has 30 heavy (non-hydrogen) atoms. The molecule has 0 saturated carbocycles. The van der Waals surface area contributed by atoms with Gasteiger partial charge < -0.3 is 0 Å². The number of carbonyl (C=O) groups is 2. The van der Waals surface area contributed by atoms with Gasteiger partial charge in [-0.2, -0.15) is 0 Å². The number of benzene rings is 3. The first-order valence-corrected chi connectivity index (χ1v) is 10.7. The van der Waals surface area contributed by atoms with Gasteiger partial charge in [-0.1, -0.05) is 59.4 Å². The van der Waals surface area contributed by atoms with E-state index in [-0.39, 0.29) is 17.3 Å². The van der Waals surface area contributed by atoms with Crippen molar-refractivity contribution in [3.05, 3.63) is 109 Å². The summed E-state index contributed by atoms with van der Waals surface area (Å²) >= 11 is 8.29. The lowest BCUT2D eigenvalue weighted by Crippen LogP contribution is -2.19. The van der Waals surface area contributed by atoms with Gasteiger partial charge in [0.05, 0.1) is 14.7 Å². The lowest BCUT2D eigenvalue weighted by molar-refractivity contribution is -0.384. The van der Waals surface area contributed by atoms with Crippen molar-refractivity contribution < 1.29 is 14.5 Å². The summed E-state index contributed by atoms with van der Waals surface area (Å²) in [7, 11) is 0. The van der Waals surface area contributed by atoms with E-state index >= 15 is 0 Å². The van der Waals surface area contributed by atoms with Crippen LogP contribution in [0.25, 0.3) is 0 Å². The Labute approximate surface area is 185 Å². The van der Waals surface area contributed by atoms with Crippen molar-refractivity contribution in [1.29, 1.82) is 0 Å². The van der Waals surface area contributed by atoms with Crippen LogP contribution in [0.4, 0.5) is 5.69 Å². The van der Waals surface area contributed by atoms with Gasteiger partial charge in [0, 0.05) is 38.1 Å². The van der Waals surface area contributed by atoms with Crippen LogP contribution in [0.2, 0.25) is 5.02 Å². The minimum atomic E-state index is -0.485. The van der Waals surface area contributed by atoms with E-state index in [0.717, 1.165) is 16.7 Å². The van der Waals surface area contributed by atoms with Crippen LogP contribution in [0, 0.1) is 10.1 Å². The minimum absolute atomic E-state index is 0.0412. The van der Waals surface area contributed by atoms with Gasteiger partial charge in [0.2, 0.25) is 11.6 Å². The Bertz CT molecular complexity index is 1200. The van der Waals surface area contributed by atoms with Crippen LogP contribution in [-0.4, -0.2) is 16.5 Å². The minimum Gasteiger partial charge on any atom is -0.288 e. The van der Waals surface area contributed by atoms with Gasteiger partial charge in [-0.05, 0) is 36.4 Å². The van der Waals surface area contributed by atoms with E-state index in [2.05, 4.69) is 0 Å². The molecular weight excluding hydrogens is 442 g/mol. The number of hydrogen-bond donors (Lipinski definition) is 0. The molecule has 0 aromatic heterocycles. The van der Waals surface area contributed by atoms with Crippen LogP contribution < -0.4 is 0 Å². The van der Waals surface area contributed by atoms with Crippen molar-refractivity contribution in [3.63, 3.8) is 0 Å². The normalized spacial score (nSPS) is 13.4. The van der Waals surface area contributed by atoms with Crippen molar-refractivity contribution >= 4 is 52.4 Å². The predicted octanol–water partition coefficient (Wildman–Crippen LogP) is 6.42. The quantitative estimate of drug-likeness (QED) is 0.327. The fourth-order valence-corrected chi connectivity index (χ4v) is 5.06. The third kappa shape index (κ3) is 4.05. The molecule has 0 aliphatic heterocycles. The molecule has 3 aromatic carbocycles. The molecule has 0 amide bonds. The fraction of sp³-hybridized carbons (Fsp3) is 0. The van der Waals surface area contributed by atoms with E-state index < -0.39 is 4.92 Å². The molecular formula is C22H12ClNO4S2. The number of ketones is 2. The molecule has 0 bridgehead atoms. The summed E-state index contributed by atoms with van der Waals surface area (Å²) in [4.78, 5) is 38.9. The third-order valence-corrected chi connectivity index (χ3v) is 6.92. The van der Waals surface area contributed by atoms with Gasteiger partial charge in [-0.25, -0.2) is 0 Å². The number of Topliss-reactive ketones (excluding diaryl/α,β-unsaturated/α-hetero) is 2. The van der Waals surface area contributed by atoms with Gasteiger partial charge in [0.1, 0.15) is 0 Å². The number of carbonyl (C=O) groups excluding carboxylic acids is 2. The summed E-state index contributed by atoms with van der Waals surface area (Å²) in [5.74, 6) is -0.473. The van der Waals surface area contributed by atoms with E-state index in [9.17, 15) is 19.7 Å². The summed E-state index contributed by atoms with van der Waals surface area (Å²) in [6.45, 7) is 0. The summed E-state index contributed by atoms with van der Waals surface area (Å²) < 4.78 is 0. The molecule has 1 aliphatic rings. The highest BCUT2D eigenvalue weighted by molar-refractivity contribution is 8.08. The first-order valence-electron chi connectivity index (χ1n) is 8.72. The van der Waals surface area contributed by atoms with Crippen LogP contribution in [0.3, 0.4) is 0 Å². The zero-order chi connectivity index (χ0) is 21.3. The van der Waals surface area contributed by atoms with E-state index in [1.807, 2.05) is 0 Å². The summed E-state index contributed by atoms with van der Waals surface area (Å²) in [6.07, 6.45) is 0. The number of non-ortho nitro benzene ring substituents is 1. The lowest BCUT2D eigenvalue weighted by Gasteiger charge is -2.20. The maximum absolute atomic E-state index is 13.2. The van der Waals surface area contributed by atoms with E-state index in [1.54, 1.807) is 60.7 Å². The van der Waals surface area contributed by atoms with Gasteiger partial charge in [-0.15, -0.1) is 0 Å². The molecule has 0 heterocycles. The number of allylic oxidation sites excluding steroid dienone is 2. The Balaban J connectivity index is 1.77. The summed E-state index contributed by atoms with van der Waals surface area (Å²) in [5, 5.41) is 11.5. The highest BCUT2D eigenvalue weighted by Gasteiger charge is 2.33. The average molecular weight is 454 g/mol. The van der Waals surface area contributed by atoms with Crippen molar-refractivity contribution in [2.45, 2.75) is 9.79 Å². The molecule has 0 atom stereocenters. The molecule has 0 spiro atoms. The highest BCUT2D eigenvalue weighted by atomic mass is 35.5. The average Bonchev–Trinajstić information content (AvgIpc) is 2.76. The predicted molar refractivity (Wildman–Crippen MR) is 118 cm³/mol. The monoisotopic (exact) mass is 453 g/mol. The molecule has 0 fully saturated rings. The molecule has 148 valence electrons. The smallest absolute Gasteiger partial charge is 0.269 e. The number of rotatable bonds is 5. The standard InChI is InChI=1S/C22H12ClNO4S2/c23-13-5-9-15(10-6-13)29-21-19(25)17-3-1-2-4-18(17)20(26)22(21)30-16-11-7-14(8-12-16)24(27)28/h1-12H. The molecule has 8 heteroatoms. The van der Waals surface area contributed by atoms with Crippen molar-refractivity contribution in [2.75, 3.05) is 0 Å². The van der Waals surface area contributed by atoms with Crippen LogP contribution in [0.1, 0.15) is 20.7 Å². The summed E-state index contributed by atoms with van der Waals surface area (Å²) in [6, 6.07) is 19.6. The van der Waals surface area contributed by atoms with Gasteiger partial charge in [0.25, 0.3) is 5.69 Å². The van der Waals surface area contributed by atoms with Crippen LogP contribution in [0.5, 0.6) is 0 Å². The Morgan fingerprint density at radius 3 is 1.57 bits per heavy atom. The lowest BCUT2D eigenvalue weighted by atomic mass is 9.94. The number of nitrogens with zero attached hydrogens (tertiary/aromatic N) is 1. The largest absolute Gasteiger partial charge is 0.288 e. The number of nitro benzene ring substituents is 1. The molecule has 0 radical (unpaired) electrons. The van der Waals surface area contributed by atoms with E-state index in [4.69, 9.17) is 11.6 Å². The van der Waals surface area contributed by atoms with Crippen molar-refractivity contribution in [1.82, 2.24) is 0 Å². The van der Waals surface area contributed by atoms with E-state index in [0.29, 0.717) is 30.9 Å². The number of fused-ring (bicyclic) bond motifs is 1. The highest BCUT2D eigenvalue weighted by Crippen LogP contribution is 2.43. The third-order valence-electron chi connectivity index (χ3n) is 4.34. The van der Waals surface area contributed by atoms with Crippen molar-refractivity contribution in [3.8, 4) is 0 Å². The van der Waals surface area contributed by atoms with Crippen LogP contribution in [0.15, 0.2) is 92.4 Å². The second-order valence-electron chi connectivity index (χ2n) is 6.27. The molecule has 0 unspecified atom stereocenters. The van der Waals surface area contributed by atoms with Crippen molar-refractivity contribution in [2.24, 2.45) is 0 Å². The summed E-state index contributed by atoms with van der Waals surface area (Å²) in [5.41, 5.74) is 0.680. The maximum atomic E-state index is 13.2. The SMILES string of the molecule is O=C1C(Sc2ccc(Cl)cc2)=C(Sc2ccc([N+](=O)[O-])cc2)C(=O)c2ccccc21. The second kappa shape index (κ2) is 8.47. The molecule has 0 saturated heterocycles. The zero-order valence-corrected chi connectivity index (χ0v) is 17.6. The Hall–Kier alpha value is -2.87. The maximum Gasteiger partial charge on any atom is 0.269 e. The molecule has 5 nitrogen and oxygen atoms in total. The Kier molecular flexibility index (Phi) is 5.76. The van der Waals surface area contributed by atoms with Crippen LogP contribution in [-0.2, 0) is 0 Å². The fourth-order valence-electron chi connectivity index (χ4n) is 2.89. The zero-order valence-electron chi connectivity index (χ0n) is 15.2. The number of hydrogen-bond acceptors (Lipinski definition) is 6. The number of nitro groups is 1. The topological polar surface area (TPSA) is 77.3 Å². The Morgan fingerprint density at radius 2 is 1.13 bits per heavy atom. The van der Waals surface area contributed by atoms with Crippen LogP contribution >= 0.6 is 35.1 Å². The van der Waals surface area contributed by atoms with Gasteiger partial charge in [0.15, 0.2) is 0 Å². The Morgan fingerprint density at radius 1 is 0.700 bits per heavy atom. The number of thioether (sulfide) groups is 2. The first-order chi connectivity index (χ1) is 14.4. The van der Waals surface area contributed by atoms with E-state index in [1.165, 1.54) is 23.9 Å². The second-order valence-corrected chi connectivity index (χ2v) is 8.88. The molecule has 1 aliphatic carbocycles. The first kappa shape index (κ1) is 20.4. The molecule has 4 rings (SSSR count). The number of halogens is 1. The molecule has 3 aromatic rings. The van der Waals surface area contributed by atoms with Gasteiger partial charge in [-0.3, -0.25) is 19.7 Å². The van der Waals surface area contributed by atoms with Gasteiger partial charge >= 0.3 is 0 Å². The molecule has 0 N–H and O–H groups in total.